The molecule has 0 bridgehead atoms. The van der Waals surface area contributed by atoms with E-state index in [1.54, 1.807) is 0 Å². The van der Waals surface area contributed by atoms with Crippen molar-refractivity contribution in [3.8, 4) is 0 Å². The third-order valence-corrected chi connectivity index (χ3v) is 4.99. The first-order valence-electron chi connectivity index (χ1n) is 7.96. The molecule has 1 aromatic rings. The molecule has 1 aromatic carbocycles. The Kier molecular flexibility index (Phi) is 6.34. The van der Waals surface area contributed by atoms with Crippen molar-refractivity contribution in [3.05, 3.63) is 34.9 Å². The molecule has 0 radical (unpaired) electrons. The molecule has 0 spiro atoms. The van der Waals surface area contributed by atoms with Gasteiger partial charge in [-0.05, 0) is 42.4 Å². The lowest BCUT2D eigenvalue weighted by Crippen LogP contribution is -2.35. The fraction of sp³-hybridized carbons (Fsp3) is 0.647. The van der Waals surface area contributed by atoms with Crippen LogP contribution in [-0.4, -0.2) is 0 Å². The van der Waals surface area contributed by atoms with Gasteiger partial charge in [-0.3, -0.25) is 11.3 Å². The Balaban J connectivity index is 1.91. The molecule has 112 valence electrons. The van der Waals surface area contributed by atoms with Crippen molar-refractivity contribution in [2.75, 3.05) is 0 Å². The van der Waals surface area contributed by atoms with Crippen molar-refractivity contribution in [1.82, 2.24) is 5.43 Å². The predicted octanol–water partition coefficient (Wildman–Crippen LogP) is 4.84. The van der Waals surface area contributed by atoms with Crippen LogP contribution in [-0.2, 0) is 0 Å². The molecule has 2 rings (SSSR count). The van der Waals surface area contributed by atoms with Crippen molar-refractivity contribution in [1.29, 1.82) is 0 Å². The average Bonchev–Trinajstić information content (AvgIpc) is 2.49. The molecular formula is C17H27ClN2. The number of unbranched alkanes of at least 4 members (excludes halogenated alkanes) is 1. The van der Waals surface area contributed by atoms with Crippen LogP contribution in [0.3, 0.4) is 0 Å². The van der Waals surface area contributed by atoms with E-state index < -0.39 is 0 Å². The second-order valence-corrected chi connectivity index (χ2v) is 6.56. The molecule has 1 atom stereocenters. The summed E-state index contributed by atoms with van der Waals surface area (Å²) in [6.07, 6.45) is 9.39. The largest absolute Gasteiger partial charge is 0.271 e. The van der Waals surface area contributed by atoms with Crippen LogP contribution < -0.4 is 11.3 Å². The number of nitrogens with two attached hydrogens (primary N) is 1. The van der Waals surface area contributed by atoms with Gasteiger partial charge in [0.2, 0.25) is 0 Å². The molecule has 1 aliphatic carbocycles. The van der Waals surface area contributed by atoms with Gasteiger partial charge in [0.15, 0.2) is 0 Å². The standard InChI is InChI=1S/C17H27ClN2/c1-2-3-4-13-5-7-14(8-6-13)17(20-19)15-9-11-16(18)12-10-15/h9-14,17,20H,2-8,19H2,1H3. The Morgan fingerprint density at radius 2 is 1.85 bits per heavy atom. The maximum atomic E-state index is 5.96. The zero-order chi connectivity index (χ0) is 14.4. The highest BCUT2D eigenvalue weighted by molar-refractivity contribution is 6.30. The van der Waals surface area contributed by atoms with Gasteiger partial charge in [-0.15, -0.1) is 0 Å². The number of rotatable bonds is 6. The van der Waals surface area contributed by atoms with E-state index in [1.807, 2.05) is 12.1 Å². The minimum Gasteiger partial charge on any atom is -0.271 e. The van der Waals surface area contributed by atoms with Crippen LogP contribution in [0.4, 0.5) is 0 Å². The van der Waals surface area contributed by atoms with Crippen LogP contribution in [0, 0.1) is 11.8 Å². The van der Waals surface area contributed by atoms with Crippen molar-refractivity contribution in [2.24, 2.45) is 17.7 Å². The van der Waals surface area contributed by atoms with E-state index in [9.17, 15) is 0 Å². The van der Waals surface area contributed by atoms with E-state index in [0.29, 0.717) is 5.92 Å². The Morgan fingerprint density at radius 3 is 2.40 bits per heavy atom. The van der Waals surface area contributed by atoms with Gasteiger partial charge in [-0.2, -0.15) is 0 Å². The van der Waals surface area contributed by atoms with Gasteiger partial charge in [0.05, 0.1) is 0 Å². The molecule has 0 aliphatic heterocycles. The third kappa shape index (κ3) is 4.21. The monoisotopic (exact) mass is 294 g/mol. The lowest BCUT2D eigenvalue weighted by Gasteiger charge is -2.34. The summed E-state index contributed by atoms with van der Waals surface area (Å²) in [5.74, 6) is 7.40. The number of hydrogen-bond donors (Lipinski definition) is 2. The summed E-state index contributed by atoms with van der Waals surface area (Å²) in [5.41, 5.74) is 4.28. The molecule has 1 fully saturated rings. The summed E-state index contributed by atoms with van der Waals surface area (Å²) in [6, 6.07) is 8.35. The zero-order valence-electron chi connectivity index (χ0n) is 12.4. The SMILES string of the molecule is CCCCC1CCC(C(NN)c2ccc(Cl)cc2)CC1. The Labute approximate surface area is 128 Å². The highest BCUT2D eigenvalue weighted by atomic mass is 35.5. The van der Waals surface area contributed by atoms with Gasteiger partial charge < -0.3 is 0 Å². The van der Waals surface area contributed by atoms with Crippen LogP contribution in [0.15, 0.2) is 24.3 Å². The maximum absolute atomic E-state index is 5.96. The van der Waals surface area contributed by atoms with E-state index in [1.165, 1.54) is 50.5 Å². The Hall–Kier alpha value is -0.570. The zero-order valence-corrected chi connectivity index (χ0v) is 13.2. The van der Waals surface area contributed by atoms with Crippen LogP contribution >= 0.6 is 11.6 Å². The van der Waals surface area contributed by atoms with E-state index in [-0.39, 0.29) is 6.04 Å². The minimum absolute atomic E-state index is 0.263. The summed E-state index contributed by atoms with van der Waals surface area (Å²) in [7, 11) is 0. The maximum Gasteiger partial charge on any atom is 0.0488 e. The van der Waals surface area contributed by atoms with Crippen molar-refractivity contribution in [3.63, 3.8) is 0 Å². The fourth-order valence-corrected chi connectivity index (χ4v) is 3.60. The molecule has 1 unspecified atom stereocenters. The molecule has 0 aromatic heterocycles. The first kappa shape index (κ1) is 15.8. The molecule has 0 saturated heterocycles. The lowest BCUT2D eigenvalue weighted by atomic mass is 9.75. The molecule has 0 amide bonds. The van der Waals surface area contributed by atoms with E-state index >= 15 is 0 Å². The normalized spacial score (nSPS) is 24.6. The van der Waals surface area contributed by atoms with Crippen LogP contribution in [0.2, 0.25) is 5.02 Å². The van der Waals surface area contributed by atoms with Gasteiger partial charge in [-0.1, -0.05) is 62.8 Å². The summed E-state index contributed by atoms with van der Waals surface area (Å²) in [4.78, 5) is 0. The number of hydrogen-bond acceptors (Lipinski definition) is 2. The van der Waals surface area contributed by atoms with E-state index in [2.05, 4.69) is 24.5 Å². The average molecular weight is 295 g/mol. The fourth-order valence-electron chi connectivity index (χ4n) is 3.48. The van der Waals surface area contributed by atoms with E-state index in [0.717, 1.165) is 10.9 Å². The lowest BCUT2D eigenvalue weighted by molar-refractivity contribution is 0.213. The number of benzene rings is 1. The smallest absolute Gasteiger partial charge is 0.0488 e. The van der Waals surface area contributed by atoms with Gasteiger partial charge in [0, 0.05) is 11.1 Å². The molecule has 0 heterocycles. The third-order valence-electron chi connectivity index (χ3n) is 4.74. The van der Waals surface area contributed by atoms with Crippen molar-refractivity contribution in [2.45, 2.75) is 57.9 Å². The van der Waals surface area contributed by atoms with Gasteiger partial charge >= 0.3 is 0 Å². The van der Waals surface area contributed by atoms with Crippen LogP contribution in [0.1, 0.15) is 63.5 Å². The van der Waals surface area contributed by atoms with Gasteiger partial charge in [0.25, 0.3) is 0 Å². The van der Waals surface area contributed by atoms with Crippen LogP contribution in [0.5, 0.6) is 0 Å². The molecular weight excluding hydrogens is 268 g/mol. The quantitative estimate of drug-likeness (QED) is 0.582. The number of nitrogens with one attached hydrogen (secondary N) is 1. The summed E-state index contributed by atoms with van der Waals surface area (Å²) >= 11 is 5.96. The van der Waals surface area contributed by atoms with Gasteiger partial charge in [-0.25, -0.2) is 0 Å². The Bertz CT molecular complexity index is 382. The first-order valence-corrected chi connectivity index (χ1v) is 8.34. The first-order chi connectivity index (χ1) is 9.74. The summed E-state index contributed by atoms with van der Waals surface area (Å²) in [6.45, 7) is 2.28. The van der Waals surface area contributed by atoms with Crippen LogP contribution in [0.25, 0.3) is 0 Å². The van der Waals surface area contributed by atoms with Gasteiger partial charge in [0.1, 0.15) is 0 Å². The topological polar surface area (TPSA) is 38.0 Å². The molecule has 20 heavy (non-hydrogen) atoms. The molecule has 3 N–H and O–H groups in total. The Morgan fingerprint density at radius 1 is 1.20 bits per heavy atom. The summed E-state index contributed by atoms with van der Waals surface area (Å²) < 4.78 is 0. The summed E-state index contributed by atoms with van der Waals surface area (Å²) in [5, 5.41) is 0.785. The minimum atomic E-state index is 0.263. The predicted molar refractivity (Wildman–Crippen MR) is 86.5 cm³/mol. The molecule has 3 heteroatoms. The van der Waals surface area contributed by atoms with Crippen molar-refractivity contribution < 1.29 is 0 Å². The van der Waals surface area contributed by atoms with Crippen molar-refractivity contribution >= 4 is 11.6 Å². The number of hydrazine groups is 1. The van der Waals surface area contributed by atoms with E-state index in [4.69, 9.17) is 17.4 Å². The number of halogens is 1. The molecule has 2 nitrogen and oxygen atoms in total. The highest BCUT2D eigenvalue weighted by Crippen LogP contribution is 2.38. The molecule has 1 aliphatic rings. The highest BCUT2D eigenvalue weighted by Gasteiger charge is 2.27. The molecule has 1 saturated carbocycles. The second-order valence-electron chi connectivity index (χ2n) is 6.12. The second kappa shape index (κ2) is 8.02.